The summed E-state index contributed by atoms with van der Waals surface area (Å²) in [5.41, 5.74) is 27.0. The third-order valence-corrected chi connectivity index (χ3v) is 18.9. The Kier molecular flexibility index (Phi) is 9.91. The zero-order valence-electron chi connectivity index (χ0n) is 47.9. The predicted octanol–water partition coefficient (Wildman–Crippen LogP) is 19.0. The summed E-state index contributed by atoms with van der Waals surface area (Å²) in [7, 11) is 0. The molecule has 0 fully saturated rings. The number of aromatic nitrogens is 3. The van der Waals surface area contributed by atoms with E-state index >= 15 is 0 Å². The van der Waals surface area contributed by atoms with Gasteiger partial charge in [0.25, 0.3) is 0 Å². The van der Waals surface area contributed by atoms with Crippen molar-refractivity contribution < 1.29 is 13.3 Å². The van der Waals surface area contributed by atoms with Crippen LogP contribution in [0.25, 0.3) is 148 Å². The van der Waals surface area contributed by atoms with Crippen LogP contribution in [0.1, 0.15) is 33.4 Å². The second-order valence-corrected chi connectivity index (χ2v) is 23.8. The third kappa shape index (κ3) is 6.61. The number of hydrogen-bond acceptors (Lipinski definition) is 3. The van der Waals surface area contributed by atoms with Crippen LogP contribution in [0, 0.1) is 41.5 Å². The highest BCUT2D eigenvalue weighted by Crippen LogP contribution is 2.44. The summed E-state index contributed by atoms with van der Waals surface area (Å²) in [6, 6.07) is 79.7. The Labute approximate surface area is 489 Å². The van der Waals surface area contributed by atoms with Crippen LogP contribution in [0.2, 0.25) is 0 Å². The van der Waals surface area contributed by atoms with Gasteiger partial charge >= 0.3 is 0 Å². The van der Waals surface area contributed by atoms with Crippen LogP contribution in [-0.2, 0) is 0 Å². The molecule has 0 unspecified atom stereocenters. The van der Waals surface area contributed by atoms with E-state index in [2.05, 4.69) is 274 Å². The second-order valence-electron chi connectivity index (χ2n) is 23.8. The number of rotatable bonds is 6. The number of para-hydroxylation sites is 6. The zero-order chi connectivity index (χ0) is 56.7. The molecular weight excluding hydrogens is 1040 g/mol. The molecule has 18 rings (SSSR count). The van der Waals surface area contributed by atoms with Crippen molar-refractivity contribution in [1.82, 2.24) is 13.7 Å². The number of hydrogen-bond donors (Lipinski definition) is 0. The van der Waals surface area contributed by atoms with Crippen LogP contribution in [0.3, 0.4) is 0 Å². The van der Waals surface area contributed by atoms with Gasteiger partial charge in [0.1, 0.15) is 33.5 Å². The van der Waals surface area contributed by atoms with Gasteiger partial charge in [-0.15, -0.1) is 0 Å². The molecule has 18 aromatic rings. The highest BCUT2D eigenvalue weighted by molar-refractivity contribution is 6.97. The molecule has 0 N–H and O–H groups in total. The summed E-state index contributed by atoms with van der Waals surface area (Å²) < 4.78 is 27.6. The van der Waals surface area contributed by atoms with Gasteiger partial charge in [-0.1, -0.05) is 159 Å². The second kappa shape index (κ2) is 17.5. The fourth-order valence-electron chi connectivity index (χ4n) is 15.6. The SMILES string of the molecule is Cc1cc(-n2c3ccccc3c3c4oc5ccccc5c4ccc32)cc(C)c1B(c1c(C)cc(-n2c3ccccc3c3c4oc5ccccc5c4ccc32)cc1C)c1c(C)cc(-n2c3ccccc3c3c4oc5ccccc5c4ccc32)cc1C. The molecule has 0 saturated heterocycles. The molecule has 0 radical (unpaired) electrons. The summed E-state index contributed by atoms with van der Waals surface area (Å²) in [5.74, 6) is 0. The average Bonchev–Trinajstić information content (AvgIpc) is 2.08. The van der Waals surface area contributed by atoms with Gasteiger partial charge in [-0.25, -0.2) is 0 Å². The maximum atomic E-state index is 6.74. The van der Waals surface area contributed by atoms with Crippen LogP contribution in [0.5, 0.6) is 0 Å². The number of furan rings is 3. The van der Waals surface area contributed by atoms with E-state index in [4.69, 9.17) is 13.3 Å². The number of benzene rings is 12. The summed E-state index contributed by atoms with van der Waals surface area (Å²) in [6.07, 6.45) is 0. The molecule has 85 heavy (non-hydrogen) atoms. The maximum absolute atomic E-state index is 6.74. The van der Waals surface area contributed by atoms with Crippen molar-refractivity contribution >= 4 is 154 Å². The highest BCUT2D eigenvalue weighted by atomic mass is 16.3. The molecule has 0 amide bonds. The van der Waals surface area contributed by atoms with Crippen LogP contribution in [0.15, 0.2) is 232 Å². The van der Waals surface area contributed by atoms with E-state index < -0.39 is 0 Å². The lowest BCUT2D eigenvalue weighted by Crippen LogP contribution is -2.57. The Morgan fingerprint density at radius 2 is 0.494 bits per heavy atom. The van der Waals surface area contributed by atoms with E-state index in [1.54, 1.807) is 0 Å². The molecule has 6 heterocycles. The zero-order valence-corrected chi connectivity index (χ0v) is 47.9. The summed E-state index contributed by atoms with van der Waals surface area (Å²) in [5, 5.41) is 13.7. The summed E-state index contributed by atoms with van der Waals surface area (Å²) in [6.45, 7) is 13.9. The first kappa shape index (κ1) is 48.1. The molecular formula is C78H54BN3O3. The van der Waals surface area contributed by atoms with Crippen molar-refractivity contribution in [1.29, 1.82) is 0 Å². The Balaban J connectivity index is 0.859. The molecule has 0 aliphatic carbocycles. The van der Waals surface area contributed by atoms with Gasteiger partial charge in [0.15, 0.2) is 0 Å². The summed E-state index contributed by atoms with van der Waals surface area (Å²) in [4.78, 5) is 0. The molecule has 12 aromatic carbocycles. The van der Waals surface area contributed by atoms with Crippen molar-refractivity contribution in [3.63, 3.8) is 0 Å². The quantitative estimate of drug-likeness (QED) is 0.156. The third-order valence-electron chi connectivity index (χ3n) is 18.9. The molecule has 0 aliphatic rings. The fraction of sp³-hybridized carbons (Fsp3) is 0.0769. The Morgan fingerprint density at radius 3 is 0.776 bits per heavy atom. The van der Waals surface area contributed by atoms with E-state index in [1.807, 2.05) is 0 Å². The normalized spacial score (nSPS) is 12.4. The Hall–Kier alpha value is -10.5. The van der Waals surface area contributed by atoms with Crippen molar-refractivity contribution in [3.8, 4) is 17.1 Å². The van der Waals surface area contributed by atoms with Crippen molar-refractivity contribution in [2.24, 2.45) is 0 Å². The topological polar surface area (TPSA) is 54.2 Å². The Morgan fingerprint density at radius 1 is 0.247 bits per heavy atom. The molecule has 402 valence electrons. The van der Waals surface area contributed by atoms with Crippen molar-refractivity contribution in [2.45, 2.75) is 41.5 Å². The molecule has 6 aromatic heterocycles. The Bertz CT molecular complexity index is 5300. The molecule has 0 saturated carbocycles. The van der Waals surface area contributed by atoms with E-state index in [1.165, 1.54) is 65.9 Å². The van der Waals surface area contributed by atoms with E-state index in [0.717, 1.165) is 132 Å². The van der Waals surface area contributed by atoms with E-state index in [9.17, 15) is 0 Å². The molecule has 0 aliphatic heterocycles. The van der Waals surface area contributed by atoms with Gasteiger partial charge in [-0.05, 0) is 151 Å². The minimum atomic E-state index is -0.118. The van der Waals surface area contributed by atoms with Crippen LogP contribution in [-0.4, -0.2) is 20.4 Å². The number of nitrogens with zero attached hydrogens (tertiary/aromatic N) is 3. The number of aryl methyl sites for hydroxylation is 6. The van der Waals surface area contributed by atoms with E-state index in [0.29, 0.717) is 0 Å². The smallest absolute Gasteiger partial charge is 0.243 e. The molecule has 7 heteroatoms. The largest absolute Gasteiger partial charge is 0.455 e. The van der Waals surface area contributed by atoms with Gasteiger partial charge < -0.3 is 27.0 Å². The first-order valence-corrected chi connectivity index (χ1v) is 29.5. The fourth-order valence-corrected chi connectivity index (χ4v) is 15.6. The van der Waals surface area contributed by atoms with Crippen LogP contribution in [0.4, 0.5) is 0 Å². The molecule has 0 atom stereocenters. The van der Waals surface area contributed by atoms with Crippen LogP contribution >= 0.6 is 0 Å². The van der Waals surface area contributed by atoms with E-state index in [-0.39, 0.29) is 6.71 Å². The van der Waals surface area contributed by atoms with Gasteiger partial charge in [-0.2, -0.15) is 0 Å². The first-order chi connectivity index (χ1) is 41.7. The minimum Gasteiger partial charge on any atom is -0.455 e. The standard InChI is InChI=1S/C78H54BN3O3/c1-43-37-49(80-61-25-13-7-22-58(61)70-64(80)34-31-55-52-19-10-16-28-67(52)83-76(55)70)38-44(2)73(43)79(74-45(3)39-50(40-46(74)4)81-62-26-14-8-23-59(62)71-65(81)35-32-56-53-20-11-17-29-68(53)84-77(56)71)75-47(5)41-51(42-48(75)6)82-63-27-15-9-24-60(63)72-66(82)36-33-57-54-21-12-18-30-69(54)85-78(57)72/h7-42H,1-6H3. The lowest BCUT2D eigenvalue weighted by Gasteiger charge is -2.28. The average molecular weight is 1090 g/mol. The monoisotopic (exact) mass is 1090 g/mol. The highest BCUT2D eigenvalue weighted by Gasteiger charge is 2.33. The lowest BCUT2D eigenvalue weighted by atomic mass is 9.33. The molecule has 0 bridgehead atoms. The first-order valence-electron chi connectivity index (χ1n) is 29.5. The molecule has 0 spiro atoms. The minimum absolute atomic E-state index is 0.118. The lowest BCUT2D eigenvalue weighted by molar-refractivity contribution is 0.672. The predicted molar refractivity (Wildman–Crippen MR) is 357 cm³/mol. The number of fused-ring (bicyclic) bond motifs is 21. The van der Waals surface area contributed by atoms with Gasteiger partial charge in [-0.3, -0.25) is 0 Å². The van der Waals surface area contributed by atoms with Gasteiger partial charge in [0, 0.05) is 65.5 Å². The van der Waals surface area contributed by atoms with Crippen LogP contribution < -0.4 is 16.4 Å². The van der Waals surface area contributed by atoms with Crippen molar-refractivity contribution in [2.75, 3.05) is 0 Å². The van der Waals surface area contributed by atoms with Gasteiger partial charge in [0.2, 0.25) is 6.71 Å². The molecule has 6 nitrogen and oxygen atoms in total. The maximum Gasteiger partial charge on any atom is 0.243 e. The van der Waals surface area contributed by atoms with Gasteiger partial charge in [0.05, 0.1) is 49.3 Å². The summed E-state index contributed by atoms with van der Waals surface area (Å²) >= 11 is 0. The van der Waals surface area contributed by atoms with Crippen molar-refractivity contribution in [3.05, 3.63) is 252 Å².